The number of carbonyl (C=O) groups excluding carboxylic acids is 2. The van der Waals surface area contributed by atoms with Crippen molar-refractivity contribution in [3.8, 4) is 0 Å². The molecule has 1 aromatic carbocycles. The maximum atomic E-state index is 11.2. The van der Waals surface area contributed by atoms with E-state index in [4.69, 9.17) is 0 Å². The van der Waals surface area contributed by atoms with Crippen molar-refractivity contribution in [2.45, 2.75) is 25.7 Å². The Balaban J connectivity index is 2.23. The number of nitrogens with one attached hydrogen (secondary N) is 1. The third-order valence-corrected chi connectivity index (χ3v) is 2.66. The lowest BCUT2D eigenvalue weighted by Crippen LogP contribution is -2.37. The summed E-state index contributed by atoms with van der Waals surface area (Å²) < 4.78 is 0. The molecule has 1 saturated heterocycles. The first-order valence-electron chi connectivity index (χ1n) is 5.04. The molecule has 3 heteroatoms. The zero-order valence-electron chi connectivity index (χ0n) is 8.62. The van der Waals surface area contributed by atoms with Gasteiger partial charge in [0.25, 0.3) is 0 Å². The molecule has 0 unspecified atom stereocenters. The summed E-state index contributed by atoms with van der Waals surface area (Å²) >= 11 is 0. The lowest BCUT2D eigenvalue weighted by atomic mass is 9.89. The second-order valence-electron chi connectivity index (χ2n) is 3.99. The first kappa shape index (κ1) is 9.90. The normalized spacial score (nSPS) is 17.7. The number of imide groups is 1. The van der Waals surface area contributed by atoms with Gasteiger partial charge in [-0.25, -0.2) is 0 Å². The molecular weight excluding hydrogens is 190 g/mol. The predicted octanol–water partition coefficient (Wildman–Crippen LogP) is 1.52. The topological polar surface area (TPSA) is 46.2 Å². The number of hydrogen-bond acceptors (Lipinski definition) is 2. The maximum Gasteiger partial charge on any atom is 0.227 e. The second kappa shape index (κ2) is 3.85. The molecule has 1 aliphatic rings. The van der Waals surface area contributed by atoms with E-state index < -0.39 is 0 Å². The molecule has 2 rings (SSSR count). The van der Waals surface area contributed by atoms with E-state index in [-0.39, 0.29) is 17.7 Å². The fourth-order valence-electron chi connectivity index (χ4n) is 1.94. The molecule has 2 amide bonds. The van der Waals surface area contributed by atoms with Gasteiger partial charge >= 0.3 is 0 Å². The van der Waals surface area contributed by atoms with Crippen LogP contribution in [0.25, 0.3) is 0 Å². The summed E-state index contributed by atoms with van der Waals surface area (Å²) in [4.78, 5) is 22.4. The third-order valence-electron chi connectivity index (χ3n) is 2.66. The molecular formula is C12H13NO2. The van der Waals surface area contributed by atoms with E-state index in [1.807, 2.05) is 31.2 Å². The molecule has 3 nitrogen and oxygen atoms in total. The van der Waals surface area contributed by atoms with Gasteiger partial charge in [0.15, 0.2) is 0 Å². The van der Waals surface area contributed by atoms with Gasteiger partial charge in [-0.05, 0) is 12.5 Å². The number of aryl methyl sites for hydroxylation is 1. The smallest absolute Gasteiger partial charge is 0.227 e. The van der Waals surface area contributed by atoms with E-state index in [1.165, 1.54) is 0 Å². The monoisotopic (exact) mass is 203 g/mol. The standard InChI is InChI=1S/C12H13NO2/c1-8-3-2-4-9(5-8)10-6-11(14)13-12(15)7-10/h2-5,10H,6-7H2,1H3,(H,13,14,15). The molecule has 1 aromatic rings. The molecule has 1 aliphatic heterocycles. The van der Waals surface area contributed by atoms with E-state index >= 15 is 0 Å². The minimum atomic E-state index is -0.169. The SMILES string of the molecule is Cc1cccc(C2CC(=O)NC(=O)C2)c1. The van der Waals surface area contributed by atoms with Crippen LogP contribution in [0.15, 0.2) is 24.3 Å². The van der Waals surface area contributed by atoms with Crippen molar-refractivity contribution in [2.24, 2.45) is 0 Å². The van der Waals surface area contributed by atoms with E-state index in [2.05, 4.69) is 5.32 Å². The fraction of sp³-hybridized carbons (Fsp3) is 0.333. The Bertz CT molecular complexity index is 396. The van der Waals surface area contributed by atoms with Crippen molar-refractivity contribution in [1.82, 2.24) is 5.32 Å². The van der Waals surface area contributed by atoms with Crippen LogP contribution in [0, 0.1) is 6.92 Å². The number of rotatable bonds is 1. The summed E-state index contributed by atoms with van der Waals surface area (Å²) in [5.74, 6) is -0.290. The van der Waals surface area contributed by atoms with Crippen molar-refractivity contribution < 1.29 is 9.59 Å². The van der Waals surface area contributed by atoms with Crippen molar-refractivity contribution in [1.29, 1.82) is 0 Å². The highest BCUT2D eigenvalue weighted by Gasteiger charge is 2.25. The Kier molecular flexibility index (Phi) is 2.54. The zero-order chi connectivity index (χ0) is 10.8. The van der Waals surface area contributed by atoms with Gasteiger partial charge in [-0.1, -0.05) is 29.8 Å². The molecule has 0 spiro atoms. The maximum absolute atomic E-state index is 11.2. The molecule has 1 fully saturated rings. The van der Waals surface area contributed by atoms with Crippen LogP contribution in [-0.2, 0) is 9.59 Å². The third kappa shape index (κ3) is 2.24. The van der Waals surface area contributed by atoms with E-state index in [0.717, 1.165) is 11.1 Å². The Labute approximate surface area is 88.5 Å². The molecule has 0 saturated carbocycles. The van der Waals surface area contributed by atoms with Crippen LogP contribution in [0.5, 0.6) is 0 Å². The van der Waals surface area contributed by atoms with Crippen LogP contribution >= 0.6 is 0 Å². The molecule has 0 bridgehead atoms. The fourth-order valence-corrected chi connectivity index (χ4v) is 1.94. The Morgan fingerprint density at radius 1 is 1.20 bits per heavy atom. The molecule has 15 heavy (non-hydrogen) atoms. The van der Waals surface area contributed by atoms with Crippen molar-refractivity contribution >= 4 is 11.8 Å². The largest absolute Gasteiger partial charge is 0.296 e. The Morgan fingerprint density at radius 3 is 2.47 bits per heavy atom. The van der Waals surface area contributed by atoms with Crippen molar-refractivity contribution in [2.75, 3.05) is 0 Å². The summed E-state index contributed by atoms with van der Waals surface area (Å²) in [5.41, 5.74) is 2.24. The van der Waals surface area contributed by atoms with Crippen LogP contribution in [0.3, 0.4) is 0 Å². The van der Waals surface area contributed by atoms with Gasteiger partial charge in [0.1, 0.15) is 0 Å². The van der Waals surface area contributed by atoms with Gasteiger partial charge in [0, 0.05) is 18.8 Å². The first-order valence-corrected chi connectivity index (χ1v) is 5.04. The highest BCUT2D eigenvalue weighted by Crippen LogP contribution is 2.26. The van der Waals surface area contributed by atoms with Crippen LogP contribution in [0.2, 0.25) is 0 Å². The minimum absolute atomic E-state index is 0.0474. The van der Waals surface area contributed by atoms with E-state index in [0.29, 0.717) is 12.8 Å². The Morgan fingerprint density at radius 2 is 1.87 bits per heavy atom. The van der Waals surface area contributed by atoms with Gasteiger partial charge in [0.2, 0.25) is 11.8 Å². The highest BCUT2D eigenvalue weighted by molar-refractivity contribution is 5.98. The van der Waals surface area contributed by atoms with Gasteiger partial charge in [0.05, 0.1) is 0 Å². The average molecular weight is 203 g/mol. The van der Waals surface area contributed by atoms with Crippen molar-refractivity contribution in [3.63, 3.8) is 0 Å². The Hall–Kier alpha value is -1.64. The lowest BCUT2D eigenvalue weighted by molar-refractivity contribution is -0.133. The van der Waals surface area contributed by atoms with E-state index in [9.17, 15) is 9.59 Å². The number of piperidine rings is 1. The second-order valence-corrected chi connectivity index (χ2v) is 3.99. The number of hydrogen-bond donors (Lipinski definition) is 1. The molecule has 1 heterocycles. The van der Waals surface area contributed by atoms with Crippen LogP contribution in [0.1, 0.15) is 29.9 Å². The van der Waals surface area contributed by atoms with Gasteiger partial charge in [-0.2, -0.15) is 0 Å². The van der Waals surface area contributed by atoms with Crippen LogP contribution in [0.4, 0.5) is 0 Å². The molecule has 0 radical (unpaired) electrons. The van der Waals surface area contributed by atoms with Crippen LogP contribution in [-0.4, -0.2) is 11.8 Å². The summed E-state index contributed by atoms with van der Waals surface area (Å²) in [6, 6.07) is 7.98. The number of carbonyl (C=O) groups is 2. The summed E-state index contributed by atoms with van der Waals surface area (Å²) in [5, 5.41) is 2.32. The summed E-state index contributed by atoms with van der Waals surface area (Å²) in [7, 11) is 0. The molecule has 0 atom stereocenters. The molecule has 1 N–H and O–H groups in total. The van der Waals surface area contributed by atoms with Crippen molar-refractivity contribution in [3.05, 3.63) is 35.4 Å². The minimum Gasteiger partial charge on any atom is -0.296 e. The molecule has 78 valence electrons. The quantitative estimate of drug-likeness (QED) is 0.703. The number of amides is 2. The highest BCUT2D eigenvalue weighted by atomic mass is 16.2. The zero-order valence-corrected chi connectivity index (χ0v) is 8.62. The van der Waals surface area contributed by atoms with Gasteiger partial charge < -0.3 is 0 Å². The first-order chi connectivity index (χ1) is 7.15. The number of benzene rings is 1. The summed E-state index contributed by atoms with van der Waals surface area (Å²) in [6.07, 6.45) is 0.824. The average Bonchev–Trinajstić information content (AvgIpc) is 2.16. The predicted molar refractivity (Wildman–Crippen MR) is 56.3 cm³/mol. The summed E-state index contributed by atoms with van der Waals surface area (Å²) in [6.45, 7) is 2.01. The lowest BCUT2D eigenvalue weighted by Gasteiger charge is -2.21. The van der Waals surface area contributed by atoms with Gasteiger partial charge in [-0.3, -0.25) is 14.9 Å². The van der Waals surface area contributed by atoms with E-state index in [1.54, 1.807) is 0 Å². The molecule has 0 aromatic heterocycles. The van der Waals surface area contributed by atoms with Crippen LogP contribution < -0.4 is 5.32 Å². The van der Waals surface area contributed by atoms with Gasteiger partial charge in [-0.15, -0.1) is 0 Å². The molecule has 0 aliphatic carbocycles.